The van der Waals surface area contributed by atoms with E-state index in [0.717, 1.165) is 0 Å². The summed E-state index contributed by atoms with van der Waals surface area (Å²) in [6, 6.07) is 11.9. The fraction of sp³-hybridized carbons (Fsp3) is 0.333. The number of nitriles is 3. The van der Waals surface area contributed by atoms with E-state index in [2.05, 4.69) is 5.32 Å². The molecule has 6 heteroatoms. The van der Waals surface area contributed by atoms with E-state index in [4.69, 9.17) is 5.41 Å². The Morgan fingerprint density at radius 2 is 1.92 bits per heavy atom. The molecule has 2 N–H and O–H groups in total. The Kier molecular flexibility index (Phi) is 3.89. The lowest BCUT2D eigenvalue weighted by Gasteiger charge is -2.45. The summed E-state index contributed by atoms with van der Waals surface area (Å²) >= 11 is 0. The van der Waals surface area contributed by atoms with Crippen LogP contribution in [0.25, 0.3) is 0 Å². The van der Waals surface area contributed by atoms with Crippen LogP contribution < -0.4 is 5.32 Å². The van der Waals surface area contributed by atoms with E-state index >= 15 is 0 Å². The van der Waals surface area contributed by atoms with Crippen LogP contribution in [0, 0.1) is 62.5 Å². The number of nitrogens with zero attached hydrogens (tertiary/aromatic N) is 3. The molecular formula is C18H14FN5. The standard InChI is InChI=1S/C18H14FN5/c19-15-4-2-1-3-12(15)16-14-8-24-6-5-11(14)13(7-20)17(23)18(16,9-21)10-22/h1-5,13-14,16,23-24H,6,8H2/t13-,14-,16-/m0/s1. The molecule has 3 rings (SSSR count). The Hall–Kier alpha value is -3.01. The molecule has 0 spiro atoms. The fourth-order valence-corrected chi connectivity index (χ4v) is 3.80. The van der Waals surface area contributed by atoms with Gasteiger partial charge in [0.1, 0.15) is 11.7 Å². The van der Waals surface area contributed by atoms with Crippen molar-refractivity contribution in [1.82, 2.24) is 5.32 Å². The second-order valence-electron chi connectivity index (χ2n) is 5.98. The van der Waals surface area contributed by atoms with Gasteiger partial charge in [0.15, 0.2) is 5.41 Å². The first-order chi connectivity index (χ1) is 11.6. The maximum Gasteiger partial charge on any atom is 0.189 e. The number of benzene rings is 1. The zero-order valence-corrected chi connectivity index (χ0v) is 12.8. The number of halogens is 1. The summed E-state index contributed by atoms with van der Waals surface area (Å²) < 4.78 is 14.5. The molecule has 0 radical (unpaired) electrons. The predicted molar refractivity (Wildman–Crippen MR) is 84.1 cm³/mol. The third-order valence-corrected chi connectivity index (χ3v) is 4.91. The highest BCUT2D eigenvalue weighted by Gasteiger charge is 2.57. The molecule has 0 amide bonds. The van der Waals surface area contributed by atoms with Crippen molar-refractivity contribution in [2.45, 2.75) is 5.92 Å². The van der Waals surface area contributed by atoms with E-state index in [1.807, 2.05) is 24.3 Å². The Morgan fingerprint density at radius 1 is 1.21 bits per heavy atom. The molecule has 0 saturated heterocycles. The minimum atomic E-state index is -1.86. The van der Waals surface area contributed by atoms with Gasteiger partial charge in [0.05, 0.1) is 23.9 Å². The van der Waals surface area contributed by atoms with Crippen LogP contribution in [-0.4, -0.2) is 18.8 Å². The first kappa shape index (κ1) is 15.9. The van der Waals surface area contributed by atoms with E-state index in [0.29, 0.717) is 18.7 Å². The highest BCUT2D eigenvalue weighted by Crippen LogP contribution is 2.53. The molecule has 24 heavy (non-hydrogen) atoms. The molecular weight excluding hydrogens is 305 g/mol. The van der Waals surface area contributed by atoms with Crippen LogP contribution in [0.15, 0.2) is 35.9 Å². The summed E-state index contributed by atoms with van der Waals surface area (Å²) in [5.74, 6) is -2.64. The van der Waals surface area contributed by atoms with Gasteiger partial charge in [0.25, 0.3) is 0 Å². The average Bonchev–Trinajstić information content (AvgIpc) is 2.62. The Balaban J connectivity index is 2.29. The monoisotopic (exact) mass is 319 g/mol. The van der Waals surface area contributed by atoms with Crippen LogP contribution in [0.4, 0.5) is 4.39 Å². The molecule has 1 aliphatic heterocycles. The zero-order valence-electron chi connectivity index (χ0n) is 12.8. The minimum absolute atomic E-state index is 0.237. The minimum Gasteiger partial charge on any atom is -0.313 e. The van der Waals surface area contributed by atoms with Crippen LogP contribution in [0.2, 0.25) is 0 Å². The summed E-state index contributed by atoms with van der Waals surface area (Å²) in [7, 11) is 0. The molecule has 2 aliphatic rings. The van der Waals surface area contributed by atoms with Gasteiger partial charge in [0.2, 0.25) is 0 Å². The van der Waals surface area contributed by atoms with Crippen molar-refractivity contribution in [1.29, 1.82) is 21.2 Å². The first-order valence-electron chi connectivity index (χ1n) is 7.56. The number of rotatable bonds is 1. The van der Waals surface area contributed by atoms with Gasteiger partial charge in [-0.25, -0.2) is 4.39 Å². The second-order valence-corrected chi connectivity index (χ2v) is 5.98. The van der Waals surface area contributed by atoms with Gasteiger partial charge in [-0.1, -0.05) is 24.3 Å². The normalized spacial score (nSPS) is 27.8. The van der Waals surface area contributed by atoms with Crippen molar-refractivity contribution in [3.05, 3.63) is 47.3 Å². The van der Waals surface area contributed by atoms with Gasteiger partial charge in [-0.2, -0.15) is 15.8 Å². The summed E-state index contributed by atoms with van der Waals surface area (Å²) in [5, 5.41) is 40.5. The highest BCUT2D eigenvalue weighted by atomic mass is 19.1. The van der Waals surface area contributed by atoms with Crippen LogP contribution in [0.3, 0.4) is 0 Å². The van der Waals surface area contributed by atoms with E-state index in [1.165, 1.54) is 6.07 Å². The van der Waals surface area contributed by atoms with Crippen molar-refractivity contribution in [2.75, 3.05) is 13.1 Å². The van der Waals surface area contributed by atoms with Crippen molar-refractivity contribution in [2.24, 2.45) is 17.3 Å². The van der Waals surface area contributed by atoms with Crippen LogP contribution >= 0.6 is 0 Å². The SMILES string of the molecule is N#C[C@@H]1C(=N)C(C#N)(C#N)[C@@H](c2ccccc2F)[C@H]2CNCC=C12. The van der Waals surface area contributed by atoms with Crippen LogP contribution in [0.5, 0.6) is 0 Å². The largest absolute Gasteiger partial charge is 0.313 e. The van der Waals surface area contributed by atoms with E-state index in [9.17, 15) is 20.2 Å². The zero-order chi connectivity index (χ0) is 17.3. The van der Waals surface area contributed by atoms with E-state index < -0.39 is 23.1 Å². The van der Waals surface area contributed by atoms with E-state index in [-0.39, 0.29) is 17.2 Å². The number of fused-ring (bicyclic) bond motifs is 1. The van der Waals surface area contributed by atoms with Crippen LogP contribution in [-0.2, 0) is 0 Å². The Labute approximate surface area is 139 Å². The van der Waals surface area contributed by atoms with Gasteiger partial charge >= 0.3 is 0 Å². The molecule has 1 saturated carbocycles. The first-order valence-corrected chi connectivity index (χ1v) is 7.56. The number of hydrogen-bond donors (Lipinski definition) is 2. The molecule has 5 nitrogen and oxygen atoms in total. The van der Waals surface area contributed by atoms with Crippen molar-refractivity contribution in [3.8, 4) is 18.2 Å². The van der Waals surface area contributed by atoms with Crippen molar-refractivity contribution in [3.63, 3.8) is 0 Å². The molecule has 1 aromatic carbocycles. The van der Waals surface area contributed by atoms with Crippen molar-refractivity contribution < 1.29 is 4.39 Å². The topological polar surface area (TPSA) is 107 Å². The molecule has 0 bridgehead atoms. The lowest BCUT2D eigenvalue weighted by Crippen LogP contribution is -2.52. The van der Waals surface area contributed by atoms with Crippen LogP contribution in [0.1, 0.15) is 11.5 Å². The lowest BCUT2D eigenvalue weighted by molar-refractivity contribution is 0.324. The third-order valence-electron chi connectivity index (χ3n) is 4.91. The van der Waals surface area contributed by atoms with E-state index in [1.54, 1.807) is 18.2 Å². The molecule has 118 valence electrons. The number of nitrogens with one attached hydrogen (secondary N) is 2. The van der Waals surface area contributed by atoms with Gasteiger partial charge in [-0.05, 0) is 17.2 Å². The van der Waals surface area contributed by atoms with Gasteiger partial charge < -0.3 is 10.7 Å². The number of hydrogen-bond acceptors (Lipinski definition) is 5. The molecule has 0 aromatic heterocycles. The Bertz CT molecular complexity index is 837. The molecule has 1 fully saturated rings. The van der Waals surface area contributed by atoms with Gasteiger partial charge in [-0.15, -0.1) is 0 Å². The fourth-order valence-electron chi connectivity index (χ4n) is 3.80. The summed E-state index contributed by atoms with van der Waals surface area (Å²) in [6.07, 6.45) is 1.82. The molecule has 1 heterocycles. The molecule has 1 aliphatic carbocycles. The smallest absolute Gasteiger partial charge is 0.189 e. The van der Waals surface area contributed by atoms with Gasteiger partial charge in [0, 0.05) is 24.9 Å². The lowest BCUT2D eigenvalue weighted by atomic mass is 9.54. The predicted octanol–water partition coefficient (Wildman–Crippen LogP) is 2.26. The van der Waals surface area contributed by atoms with Gasteiger partial charge in [-0.3, -0.25) is 0 Å². The second kappa shape index (κ2) is 5.89. The quantitative estimate of drug-likeness (QED) is 0.774. The van der Waals surface area contributed by atoms with Crippen molar-refractivity contribution >= 4 is 5.71 Å². The maximum absolute atomic E-state index is 14.5. The highest BCUT2D eigenvalue weighted by molar-refractivity contribution is 6.00. The third kappa shape index (κ3) is 2.03. The average molecular weight is 319 g/mol. The molecule has 0 unspecified atom stereocenters. The maximum atomic E-state index is 14.5. The molecule has 1 aromatic rings. The molecule has 3 atom stereocenters. The Morgan fingerprint density at radius 3 is 2.54 bits per heavy atom. The summed E-state index contributed by atoms with van der Waals surface area (Å²) in [6.45, 7) is 0.981. The summed E-state index contributed by atoms with van der Waals surface area (Å²) in [5.41, 5.74) is -1.17. The summed E-state index contributed by atoms with van der Waals surface area (Å²) in [4.78, 5) is 0.